The Morgan fingerprint density at radius 1 is 1.36 bits per heavy atom. The number of amides is 2. The van der Waals surface area contributed by atoms with E-state index in [1.54, 1.807) is 29.2 Å². The lowest BCUT2D eigenvalue weighted by atomic mass is 10.2. The molecule has 0 bridgehead atoms. The van der Waals surface area contributed by atoms with Crippen molar-refractivity contribution >= 4 is 30.8 Å². The molecule has 1 aromatic rings. The molecule has 0 saturated carbocycles. The lowest BCUT2D eigenvalue weighted by Crippen LogP contribution is -2.41. The molecule has 25 heavy (non-hydrogen) atoms. The van der Waals surface area contributed by atoms with Gasteiger partial charge in [0, 0.05) is 32.1 Å². The van der Waals surface area contributed by atoms with Gasteiger partial charge in [-0.05, 0) is 24.3 Å². The molecule has 2 rings (SSSR count). The molecular formula is C15H22N3O6P. The fraction of sp³-hybridized carbons (Fsp3) is 0.467. The van der Waals surface area contributed by atoms with E-state index in [0.29, 0.717) is 18.8 Å². The maximum absolute atomic E-state index is 12.1. The third-order valence-electron chi connectivity index (χ3n) is 3.75. The second kappa shape index (κ2) is 8.55. The zero-order valence-electron chi connectivity index (χ0n) is 14.1. The van der Waals surface area contributed by atoms with Crippen LogP contribution in [0, 0.1) is 0 Å². The summed E-state index contributed by atoms with van der Waals surface area (Å²) in [5, 5.41) is 2.63. The first-order valence-electron chi connectivity index (χ1n) is 7.63. The van der Waals surface area contributed by atoms with Crippen molar-refractivity contribution in [3.05, 3.63) is 24.3 Å². The minimum Gasteiger partial charge on any atom is -0.370 e. The van der Waals surface area contributed by atoms with Crippen molar-refractivity contribution in [2.45, 2.75) is 6.04 Å². The third kappa shape index (κ3) is 5.10. The first kappa shape index (κ1) is 19.6. The molecule has 0 aliphatic carbocycles. The molecule has 1 heterocycles. The Labute approximate surface area is 145 Å². The monoisotopic (exact) mass is 371 g/mol. The number of benzene rings is 1. The van der Waals surface area contributed by atoms with E-state index in [1.807, 2.05) is 0 Å². The average molecular weight is 371 g/mol. The van der Waals surface area contributed by atoms with Crippen LogP contribution in [-0.2, 0) is 27.9 Å². The number of hydrogen-bond donors (Lipinski definition) is 2. The van der Waals surface area contributed by atoms with Crippen molar-refractivity contribution in [2.24, 2.45) is 5.73 Å². The van der Waals surface area contributed by atoms with Gasteiger partial charge in [-0.15, -0.1) is 0 Å². The molecule has 0 aromatic heterocycles. The van der Waals surface area contributed by atoms with Gasteiger partial charge in [-0.25, -0.2) is 0 Å². The van der Waals surface area contributed by atoms with Crippen LogP contribution in [-0.4, -0.2) is 58.0 Å². The van der Waals surface area contributed by atoms with Gasteiger partial charge < -0.3 is 29.7 Å². The number of rotatable bonds is 7. The third-order valence-corrected chi connectivity index (χ3v) is 5.70. The highest BCUT2D eigenvalue weighted by Crippen LogP contribution is 2.46. The zero-order valence-corrected chi connectivity index (χ0v) is 15.0. The summed E-state index contributed by atoms with van der Waals surface area (Å²) in [5.41, 5.74) is 6.99. The van der Waals surface area contributed by atoms with E-state index in [9.17, 15) is 14.2 Å². The molecular weight excluding hydrogens is 349 g/mol. The van der Waals surface area contributed by atoms with Gasteiger partial charge >= 0.3 is 7.60 Å². The van der Waals surface area contributed by atoms with Gasteiger partial charge in [-0.2, -0.15) is 0 Å². The van der Waals surface area contributed by atoms with Crippen LogP contribution in [0.4, 0.5) is 11.4 Å². The van der Waals surface area contributed by atoms with Crippen LogP contribution < -0.4 is 16.0 Å². The maximum Gasteiger partial charge on any atom is 0.332 e. The SMILES string of the molecule is COP(=O)(C[C@H](N)C(=O)Nc1ccc(N2CCOCC2=O)cc1)OC. The Hall–Kier alpha value is -1.77. The molecule has 1 aliphatic rings. The van der Waals surface area contributed by atoms with Crippen molar-refractivity contribution in [1.29, 1.82) is 0 Å². The number of ether oxygens (including phenoxy) is 1. The first-order valence-corrected chi connectivity index (χ1v) is 9.36. The van der Waals surface area contributed by atoms with E-state index in [4.69, 9.17) is 19.5 Å². The minimum atomic E-state index is -3.37. The highest BCUT2D eigenvalue weighted by atomic mass is 31.2. The van der Waals surface area contributed by atoms with Gasteiger partial charge in [0.1, 0.15) is 6.61 Å². The number of anilines is 2. The van der Waals surface area contributed by atoms with Crippen molar-refractivity contribution in [2.75, 3.05) is 50.4 Å². The second-order valence-electron chi connectivity index (χ2n) is 5.40. The molecule has 3 N–H and O–H groups in total. The minimum absolute atomic E-state index is 0.0619. The summed E-state index contributed by atoms with van der Waals surface area (Å²) in [6.07, 6.45) is -0.230. The number of morpholine rings is 1. The van der Waals surface area contributed by atoms with Gasteiger partial charge in [0.25, 0.3) is 5.91 Å². The largest absolute Gasteiger partial charge is 0.370 e. The fourth-order valence-electron chi connectivity index (χ4n) is 2.30. The van der Waals surface area contributed by atoms with Gasteiger partial charge in [0.05, 0.1) is 18.8 Å². The van der Waals surface area contributed by atoms with E-state index in [2.05, 4.69) is 5.32 Å². The molecule has 138 valence electrons. The standard InChI is InChI=1S/C15H22N3O6P/c1-22-25(21,23-2)10-13(16)15(20)17-11-3-5-12(6-4-11)18-7-8-24-9-14(18)19/h3-6,13H,7-10,16H2,1-2H3,(H,17,20)/t13-/m0/s1. The average Bonchev–Trinajstić information content (AvgIpc) is 2.62. The van der Waals surface area contributed by atoms with Crippen LogP contribution in [0.25, 0.3) is 0 Å². The van der Waals surface area contributed by atoms with Crippen molar-refractivity contribution in [3.63, 3.8) is 0 Å². The van der Waals surface area contributed by atoms with Gasteiger partial charge in [-0.1, -0.05) is 0 Å². The Kier molecular flexibility index (Phi) is 6.69. The molecule has 1 fully saturated rings. The van der Waals surface area contributed by atoms with E-state index in [-0.39, 0.29) is 18.7 Å². The van der Waals surface area contributed by atoms with Gasteiger partial charge in [0.15, 0.2) is 0 Å². The number of nitrogens with zero attached hydrogens (tertiary/aromatic N) is 1. The van der Waals surface area contributed by atoms with Crippen molar-refractivity contribution in [3.8, 4) is 0 Å². The molecule has 0 unspecified atom stereocenters. The first-order chi connectivity index (χ1) is 11.9. The smallest absolute Gasteiger partial charge is 0.332 e. The molecule has 1 aliphatic heterocycles. The predicted octanol–water partition coefficient (Wildman–Crippen LogP) is 0.801. The van der Waals surface area contributed by atoms with E-state index in [1.165, 1.54) is 14.2 Å². The summed E-state index contributed by atoms with van der Waals surface area (Å²) in [5.74, 6) is -0.621. The summed E-state index contributed by atoms with van der Waals surface area (Å²) >= 11 is 0. The zero-order chi connectivity index (χ0) is 18.4. The quantitative estimate of drug-likeness (QED) is 0.680. The number of nitrogens with two attached hydrogens (primary N) is 1. The number of carbonyl (C=O) groups is 2. The van der Waals surface area contributed by atoms with Crippen molar-refractivity contribution < 1.29 is 27.9 Å². The van der Waals surface area contributed by atoms with E-state index < -0.39 is 19.5 Å². The Morgan fingerprint density at radius 3 is 2.56 bits per heavy atom. The van der Waals surface area contributed by atoms with Crippen LogP contribution in [0.1, 0.15) is 0 Å². The summed E-state index contributed by atoms with van der Waals surface area (Å²) < 4.78 is 26.7. The van der Waals surface area contributed by atoms with Crippen LogP contribution in [0.3, 0.4) is 0 Å². The van der Waals surface area contributed by atoms with Crippen LogP contribution in [0.15, 0.2) is 24.3 Å². The van der Waals surface area contributed by atoms with Crippen LogP contribution in [0.5, 0.6) is 0 Å². The molecule has 1 aromatic carbocycles. The molecule has 0 spiro atoms. The van der Waals surface area contributed by atoms with Crippen LogP contribution >= 0.6 is 7.60 Å². The summed E-state index contributed by atoms with van der Waals surface area (Å²) in [7, 11) is -0.898. The topological polar surface area (TPSA) is 120 Å². The Morgan fingerprint density at radius 2 is 2.00 bits per heavy atom. The second-order valence-corrected chi connectivity index (χ2v) is 7.72. The highest BCUT2D eigenvalue weighted by molar-refractivity contribution is 7.53. The lowest BCUT2D eigenvalue weighted by molar-refractivity contribution is -0.125. The van der Waals surface area contributed by atoms with E-state index in [0.717, 1.165) is 5.69 Å². The summed E-state index contributed by atoms with van der Waals surface area (Å²) in [6, 6.07) is 5.72. The molecule has 9 nitrogen and oxygen atoms in total. The van der Waals surface area contributed by atoms with Gasteiger partial charge in [-0.3, -0.25) is 14.2 Å². The summed E-state index contributed by atoms with van der Waals surface area (Å²) in [4.78, 5) is 25.5. The molecule has 0 radical (unpaired) electrons. The van der Waals surface area contributed by atoms with Crippen LogP contribution in [0.2, 0.25) is 0 Å². The molecule has 2 amide bonds. The normalized spacial score (nSPS) is 16.6. The van der Waals surface area contributed by atoms with Gasteiger partial charge in [0.2, 0.25) is 5.91 Å². The van der Waals surface area contributed by atoms with Crippen molar-refractivity contribution in [1.82, 2.24) is 0 Å². The highest BCUT2D eigenvalue weighted by Gasteiger charge is 2.28. The molecule has 10 heteroatoms. The molecule has 1 saturated heterocycles. The Bertz CT molecular complexity index is 658. The molecule has 1 atom stereocenters. The maximum atomic E-state index is 12.1. The number of carbonyl (C=O) groups excluding carboxylic acids is 2. The van der Waals surface area contributed by atoms with E-state index >= 15 is 0 Å². The predicted molar refractivity (Wildman–Crippen MR) is 92.7 cm³/mol. The lowest BCUT2D eigenvalue weighted by Gasteiger charge is -2.27. The fourth-order valence-corrected chi connectivity index (χ4v) is 3.39. The summed E-state index contributed by atoms with van der Waals surface area (Å²) in [6.45, 7) is 1.03. The Balaban J connectivity index is 1.97. The number of nitrogens with one attached hydrogen (secondary N) is 1. The number of hydrogen-bond acceptors (Lipinski definition) is 7.